The SMILES string of the molecule is Cc1ccccc1NC(CO)C1CC1. The summed E-state index contributed by atoms with van der Waals surface area (Å²) in [5.41, 5.74) is 2.39. The van der Waals surface area contributed by atoms with Gasteiger partial charge in [0.2, 0.25) is 0 Å². The number of para-hydroxylation sites is 1. The predicted octanol–water partition coefficient (Wildman–Crippen LogP) is 2.18. The summed E-state index contributed by atoms with van der Waals surface area (Å²) < 4.78 is 0. The second kappa shape index (κ2) is 4.01. The highest BCUT2D eigenvalue weighted by molar-refractivity contribution is 5.51. The van der Waals surface area contributed by atoms with Crippen LogP contribution in [-0.2, 0) is 0 Å². The number of hydrogen-bond acceptors (Lipinski definition) is 2. The molecule has 0 radical (unpaired) electrons. The molecule has 0 spiro atoms. The molecule has 76 valence electrons. The van der Waals surface area contributed by atoms with E-state index in [-0.39, 0.29) is 12.6 Å². The largest absolute Gasteiger partial charge is 0.394 e. The standard InChI is InChI=1S/C12H17NO/c1-9-4-2-3-5-11(9)13-12(8-14)10-6-7-10/h2-5,10,12-14H,6-8H2,1H3. The van der Waals surface area contributed by atoms with E-state index in [2.05, 4.69) is 24.4 Å². The van der Waals surface area contributed by atoms with Gasteiger partial charge in [-0.05, 0) is 37.3 Å². The van der Waals surface area contributed by atoms with Gasteiger partial charge in [-0.1, -0.05) is 18.2 Å². The first kappa shape index (κ1) is 9.53. The van der Waals surface area contributed by atoms with Gasteiger partial charge >= 0.3 is 0 Å². The molecule has 1 aromatic carbocycles. The van der Waals surface area contributed by atoms with Crippen LogP contribution >= 0.6 is 0 Å². The first-order valence-electron chi connectivity index (χ1n) is 5.24. The third kappa shape index (κ3) is 2.07. The zero-order valence-electron chi connectivity index (χ0n) is 8.53. The molecule has 1 aromatic rings. The number of aliphatic hydroxyl groups is 1. The summed E-state index contributed by atoms with van der Waals surface area (Å²) in [6.07, 6.45) is 2.51. The fourth-order valence-electron chi connectivity index (χ4n) is 1.75. The molecule has 1 aliphatic rings. The van der Waals surface area contributed by atoms with Gasteiger partial charge in [0.15, 0.2) is 0 Å². The summed E-state index contributed by atoms with van der Waals surface area (Å²) in [5, 5.41) is 12.6. The summed E-state index contributed by atoms with van der Waals surface area (Å²) in [6, 6.07) is 8.46. The summed E-state index contributed by atoms with van der Waals surface area (Å²) in [4.78, 5) is 0. The van der Waals surface area contributed by atoms with Crippen LogP contribution in [0, 0.1) is 12.8 Å². The van der Waals surface area contributed by atoms with E-state index in [1.807, 2.05) is 12.1 Å². The van der Waals surface area contributed by atoms with Crippen LogP contribution in [0.5, 0.6) is 0 Å². The van der Waals surface area contributed by atoms with Gasteiger partial charge in [0.1, 0.15) is 0 Å². The summed E-state index contributed by atoms with van der Waals surface area (Å²) >= 11 is 0. The van der Waals surface area contributed by atoms with Gasteiger partial charge in [-0.15, -0.1) is 0 Å². The average molecular weight is 191 g/mol. The highest BCUT2D eigenvalue weighted by Gasteiger charge is 2.30. The number of anilines is 1. The molecular formula is C12H17NO. The van der Waals surface area contributed by atoms with Crippen molar-refractivity contribution in [3.05, 3.63) is 29.8 Å². The molecule has 2 heteroatoms. The van der Waals surface area contributed by atoms with E-state index >= 15 is 0 Å². The van der Waals surface area contributed by atoms with E-state index in [0.29, 0.717) is 5.92 Å². The summed E-state index contributed by atoms with van der Waals surface area (Å²) in [7, 11) is 0. The minimum atomic E-state index is 0.235. The van der Waals surface area contributed by atoms with E-state index in [1.54, 1.807) is 0 Å². The van der Waals surface area contributed by atoms with Crippen LogP contribution in [0.1, 0.15) is 18.4 Å². The molecule has 1 atom stereocenters. The fourth-order valence-corrected chi connectivity index (χ4v) is 1.75. The smallest absolute Gasteiger partial charge is 0.0635 e. The number of benzene rings is 1. The van der Waals surface area contributed by atoms with Crippen LogP contribution in [-0.4, -0.2) is 17.8 Å². The summed E-state index contributed by atoms with van der Waals surface area (Å²) in [6.45, 7) is 2.32. The van der Waals surface area contributed by atoms with Gasteiger partial charge in [0.25, 0.3) is 0 Å². The van der Waals surface area contributed by atoms with Gasteiger partial charge < -0.3 is 10.4 Å². The Hall–Kier alpha value is -1.02. The minimum Gasteiger partial charge on any atom is -0.394 e. The van der Waals surface area contributed by atoms with Gasteiger partial charge in [-0.3, -0.25) is 0 Å². The molecule has 0 aliphatic heterocycles. The first-order valence-corrected chi connectivity index (χ1v) is 5.24. The lowest BCUT2D eigenvalue weighted by Gasteiger charge is -2.18. The molecule has 0 bridgehead atoms. The first-order chi connectivity index (χ1) is 6.81. The zero-order valence-corrected chi connectivity index (χ0v) is 8.53. The molecule has 2 N–H and O–H groups in total. The second-order valence-corrected chi connectivity index (χ2v) is 4.09. The molecule has 1 saturated carbocycles. The fraction of sp³-hybridized carbons (Fsp3) is 0.500. The quantitative estimate of drug-likeness (QED) is 0.764. The molecule has 0 aromatic heterocycles. The van der Waals surface area contributed by atoms with Crippen molar-refractivity contribution in [2.24, 2.45) is 5.92 Å². The topological polar surface area (TPSA) is 32.3 Å². The number of nitrogens with one attached hydrogen (secondary N) is 1. The Morgan fingerprint density at radius 1 is 1.43 bits per heavy atom. The molecule has 2 rings (SSSR count). The lowest BCUT2D eigenvalue weighted by atomic mass is 10.1. The van der Waals surface area contributed by atoms with Crippen molar-refractivity contribution in [2.45, 2.75) is 25.8 Å². The maximum absolute atomic E-state index is 9.23. The van der Waals surface area contributed by atoms with E-state index in [0.717, 1.165) is 5.69 Å². The Labute approximate surface area is 85.0 Å². The van der Waals surface area contributed by atoms with E-state index in [9.17, 15) is 5.11 Å². The van der Waals surface area contributed by atoms with Crippen molar-refractivity contribution >= 4 is 5.69 Å². The van der Waals surface area contributed by atoms with E-state index in [4.69, 9.17) is 0 Å². The Balaban J connectivity index is 2.04. The van der Waals surface area contributed by atoms with Crippen molar-refractivity contribution in [2.75, 3.05) is 11.9 Å². The van der Waals surface area contributed by atoms with Gasteiger partial charge in [-0.2, -0.15) is 0 Å². The van der Waals surface area contributed by atoms with Gasteiger partial charge in [-0.25, -0.2) is 0 Å². The zero-order chi connectivity index (χ0) is 9.97. The van der Waals surface area contributed by atoms with E-state index in [1.165, 1.54) is 18.4 Å². The van der Waals surface area contributed by atoms with Crippen LogP contribution < -0.4 is 5.32 Å². The number of rotatable bonds is 4. The Bertz CT molecular complexity index is 307. The molecule has 0 amide bonds. The molecule has 0 saturated heterocycles. The van der Waals surface area contributed by atoms with Gasteiger partial charge in [0.05, 0.1) is 12.6 Å². The van der Waals surface area contributed by atoms with Crippen molar-refractivity contribution < 1.29 is 5.11 Å². The van der Waals surface area contributed by atoms with E-state index < -0.39 is 0 Å². The van der Waals surface area contributed by atoms with Crippen molar-refractivity contribution in [3.8, 4) is 0 Å². The lowest BCUT2D eigenvalue weighted by molar-refractivity contribution is 0.263. The van der Waals surface area contributed by atoms with Crippen LogP contribution in [0.2, 0.25) is 0 Å². The normalized spacial score (nSPS) is 17.9. The van der Waals surface area contributed by atoms with Gasteiger partial charge in [0, 0.05) is 5.69 Å². The second-order valence-electron chi connectivity index (χ2n) is 4.09. The maximum Gasteiger partial charge on any atom is 0.0635 e. The van der Waals surface area contributed by atoms with Crippen molar-refractivity contribution in [3.63, 3.8) is 0 Å². The van der Waals surface area contributed by atoms with Crippen LogP contribution in [0.3, 0.4) is 0 Å². The predicted molar refractivity (Wildman–Crippen MR) is 58.4 cm³/mol. The molecule has 1 aliphatic carbocycles. The molecule has 2 nitrogen and oxygen atoms in total. The highest BCUT2D eigenvalue weighted by Crippen LogP contribution is 2.34. The Morgan fingerprint density at radius 2 is 2.14 bits per heavy atom. The number of hydrogen-bond donors (Lipinski definition) is 2. The molecular weight excluding hydrogens is 174 g/mol. The van der Waals surface area contributed by atoms with Crippen LogP contribution in [0.4, 0.5) is 5.69 Å². The molecule has 0 heterocycles. The average Bonchev–Trinajstić information content (AvgIpc) is 3.00. The number of aryl methyl sites for hydroxylation is 1. The Kier molecular flexibility index (Phi) is 2.73. The third-order valence-corrected chi connectivity index (χ3v) is 2.87. The summed E-state index contributed by atoms with van der Waals surface area (Å²) in [5.74, 6) is 0.680. The Morgan fingerprint density at radius 3 is 2.71 bits per heavy atom. The molecule has 1 fully saturated rings. The highest BCUT2D eigenvalue weighted by atomic mass is 16.3. The molecule has 14 heavy (non-hydrogen) atoms. The van der Waals surface area contributed by atoms with Crippen molar-refractivity contribution in [1.29, 1.82) is 0 Å². The third-order valence-electron chi connectivity index (χ3n) is 2.87. The molecule has 1 unspecified atom stereocenters. The monoisotopic (exact) mass is 191 g/mol. The maximum atomic E-state index is 9.23. The van der Waals surface area contributed by atoms with Crippen LogP contribution in [0.25, 0.3) is 0 Å². The van der Waals surface area contributed by atoms with Crippen LogP contribution in [0.15, 0.2) is 24.3 Å². The van der Waals surface area contributed by atoms with Crippen molar-refractivity contribution in [1.82, 2.24) is 0 Å². The number of aliphatic hydroxyl groups excluding tert-OH is 1. The minimum absolute atomic E-state index is 0.235. The lowest BCUT2D eigenvalue weighted by Crippen LogP contribution is -2.26.